The molecule has 1 fully saturated rings. The lowest BCUT2D eigenvalue weighted by Gasteiger charge is -2.34. The molecule has 0 saturated heterocycles. The summed E-state index contributed by atoms with van der Waals surface area (Å²) in [5.74, 6) is 0.386. The van der Waals surface area contributed by atoms with E-state index < -0.39 is 5.41 Å². The van der Waals surface area contributed by atoms with Crippen LogP contribution in [0.2, 0.25) is 0 Å². The molecule has 4 rings (SSSR count). The third-order valence-corrected chi connectivity index (χ3v) is 7.10. The van der Waals surface area contributed by atoms with Gasteiger partial charge in [-0.3, -0.25) is 9.78 Å². The molecule has 2 N–H and O–H groups in total. The molecule has 1 heterocycles. The first-order chi connectivity index (χ1) is 16.0. The highest BCUT2D eigenvalue weighted by Gasteiger charge is 2.29. The number of aryl methyl sites for hydroxylation is 1. The number of benzene rings is 2. The van der Waals surface area contributed by atoms with Gasteiger partial charge in [-0.05, 0) is 87.7 Å². The van der Waals surface area contributed by atoms with Crippen molar-refractivity contribution in [1.29, 1.82) is 0 Å². The molecule has 1 saturated carbocycles. The lowest BCUT2D eigenvalue weighted by Crippen LogP contribution is -2.36. The zero-order valence-electron chi connectivity index (χ0n) is 21.3. The van der Waals surface area contributed by atoms with E-state index in [-0.39, 0.29) is 5.78 Å². The number of carbonyl (C=O) groups excluding carboxylic acids is 1. The van der Waals surface area contributed by atoms with E-state index in [2.05, 4.69) is 41.4 Å². The Labute approximate surface area is 203 Å². The second-order valence-corrected chi connectivity index (χ2v) is 11.0. The summed E-state index contributed by atoms with van der Waals surface area (Å²) in [5, 5.41) is 14.7. The molecule has 0 aliphatic heterocycles. The molecule has 0 amide bonds. The molecule has 180 valence electrons. The second kappa shape index (κ2) is 9.38. The van der Waals surface area contributed by atoms with Crippen molar-refractivity contribution in [1.82, 2.24) is 9.88 Å². The van der Waals surface area contributed by atoms with Crippen LogP contribution < -0.4 is 5.32 Å². The number of pyridine rings is 1. The van der Waals surface area contributed by atoms with Crippen LogP contribution >= 0.6 is 0 Å². The van der Waals surface area contributed by atoms with E-state index in [0.29, 0.717) is 23.4 Å². The van der Waals surface area contributed by atoms with Crippen molar-refractivity contribution in [3.63, 3.8) is 0 Å². The third kappa shape index (κ3) is 4.95. The quantitative estimate of drug-likeness (QED) is 0.431. The maximum atomic E-state index is 13.4. The molecule has 3 aromatic rings. The molecule has 2 aromatic carbocycles. The molecular weight excluding hydrogens is 422 g/mol. The number of rotatable bonds is 5. The summed E-state index contributed by atoms with van der Waals surface area (Å²) in [4.78, 5) is 20.4. The summed E-state index contributed by atoms with van der Waals surface area (Å²) in [7, 11) is 4.31. The fourth-order valence-corrected chi connectivity index (χ4v) is 4.88. The highest BCUT2D eigenvalue weighted by atomic mass is 16.3. The fraction of sp³-hybridized carbons (Fsp3) is 0.448. The normalized spacial score (nSPS) is 18.9. The summed E-state index contributed by atoms with van der Waals surface area (Å²) in [6.07, 6.45) is 6.19. The Morgan fingerprint density at radius 1 is 1.03 bits per heavy atom. The van der Waals surface area contributed by atoms with Gasteiger partial charge in [0, 0.05) is 29.1 Å². The van der Waals surface area contributed by atoms with Crippen molar-refractivity contribution in [3.8, 4) is 16.9 Å². The molecule has 0 atom stereocenters. The molecule has 1 aliphatic rings. The predicted octanol–water partition coefficient (Wildman–Crippen LogP) is 6.43. The predicted molar refractivity (Wildman–Crippen MR) is 141 cm³/mol. The van der Waals surface area contributed by atoms with Crippen LogP contribution in [-0.2, 0) is 0 Å². The van der Waals surface area contributed by atoms with Crippen LogP contribution in [0.1, 0.15) is 62.4 Å². The Balaban J connectivity index is 1.79. The summed E-state index contributed by atoms with van der Waals surface area (Å²) < 4.78 is 0. The first-order valence-corrected chi connectivity index (χ1v) is 12.2. The van der Waals surface area contributed by atoms with Gasteiger partial charge in [0.1, 0.15) is 5.75 Å². The van der Waals surface area contributed by atoms with Gasteiger partial charge in [0.2, 0.25) is 0 Å². The van der Waals surface area contributed by atoms with Crippen LogP contribution in [0.25, 0.3) is 22.0 Å². The Morgan fingerprint density at radius 2 is 1.68 bits per heavy atom. The van der Waals surface area contributed by atoms with E-state index in [1.165, 1.54) is 0 Å². The molecule has 0 radical (unpaired) electrons. The number of phenolic OH excluding ortho intramolecular Hbond substituents is 1. The molecule has 0 spiro atoms. The molecular formula is C29H37N3O2. The van der Waals surface area contributed by atoms with Gasteiger partial charge in [0.05, 0.1) is 16.8 Å². The van der Waals surface area contributed by atoms with Gasteiger partial charge in [0.15, 0.2) is 5.78 Å². The number of anilines is 1. The van der Waals surface area contributed by atoms with E-state index in [1.807, 2.05) is 45.9 Å². The number of Topliss-reactive ketones (excluding diaryl/α,β-unsaturated/α-hetero) is 1. The van der Waals surface area contributed by atoms with Crippen LogP contribution in [0, 0.1) is 12.3 Å². The van der Waals surface area contributed by atoms with E-state index in [1.54, 1.807) is 12.3 Å². The van der Waals surface area contributed by atoms with Gasteiger partial charge in [-0.2, -0.15) is 0 Å². The minimum absolute atomic E-state index is 0.0947. The average molecular weight is 460 g/mol. The maximum absolute atomic E-state index is 13.4. The molecule has 34 heavy (non-hydrogen) atoms. The Bertz CT molecular complexity index is 1200. The molecule has 0 unspecified atom stereocenters. The SMILES string of the molecule is Cc1cc(-c2ccc3ncc(C(=O)C(C)(C)C)c(NC4CCC(N(C)C)CC4)c3c2)ccc1O. The zero-order valence-corrected chi connectivity index (χ0v) is 21.3. The highest BCUT2D eigenvalue weighted by Crippen LogP contribution is 2.36. The van der Waals surface area contributed by atoms with E-state index in [9.17, 15) is 9.90 Å². The van der Waals surface area contributed by atoms with Crippen LogP contribution in [0.5, 0.6) is 5.75 Å². The first kappa shape index (κ1) is 24.2. The fourth-order valence-electron chi connectivity index (χ4n) is 4.88. The number of fused-ring (bicyclic) bond motifs is 1. The molecule has 1 aromatic heterocycles. The standard InChI is InChI=1S/C29H37N3O2/c1-18-15-19(8-14-26(18)33)20-7-13-25-23(16-20)27(24(17-30-25)28(34)29(2,3)4)31-21-9-11-22(12-10-21)32(5)6/h7-8,13-17,21-22,33H,9-12H2,1-6H3,(H,30,31). The van der Waals surface area contributed by atoms with Crippen molar-refractivity contribution in [3.05, 3.63) is 53.7 Å². The lowest BCUT2D eigenvalue weighted by molar-refractivity contribution is 0.0859. The number of carbonyl (C=O) groups is 1. The smallest absolute Gasteiger partial charge is 0.171 e. The van der Waals surface area contributed by atoms with Crippen molar-refractivity contribution < 1.29 is 9.90 Å². The third-order valence-electron chi connectivity index (χ3n) is 7.10. The largest absolute Gasteiger partial charge is 0.508 e. The zero-order chi connectivity index (χ0) is 24.6. The number of phenols is 1. The molecule has 1 aliphatic carbocycles. The average Bonchev–Trinajstić information content (AvgIpc) is 2.80. The van der Waals surface area contributed by atoms with Crippen LogP contribution in [-0.4, -0.2) is 47.0 Å². The highest BCUT2D eigenvalue weighted by molar-refractivity contribution is 6.10. The van der Waals surface area contributed by atoms with Crippen molar-refractivity contribution in [2.24, 2.45) is 5.41 Å². The van der Waals surface area contributed by atoms with E-state index in [4.69, 9.17) is 0 Å². The Morgan fingerprint density at radius 3 is 2.29 bits per heavy atom. The Kier molecular flexibility index (Phi) is 6.68. The number of hydrogen-bond donors (Lipinski definition) is 2. The van der Waals surface area contributed by atoms with E-state index >= 15 is 0 Å². The van der Waals surface area contributed by atoms with Gasteiger partial charge >= 0.3 is 0 Å². The number of nitrogens with one attached hydrogen (secondary N) is 1. The van der Waals surface area contributed by atoms with E-state index in [0.717, 1.165) is 59.0 Å². The molecule has 5 heteroatoms. The van der Waals surface area contributed by atoms with Crippen molar-refractivity contribution in [2.45, 2.75) is 65.5 Å². The van der Waals surface area contributed by atoms with Gasteiger partial charge in [-0.15, -0.1) is 0 Å². The second-order valence-electron chi connectivity index (χ2n) is 11.0. The van der Waals surface area contributed by atoms with Crippen molar-refractivity contribution >= 4 is 22.4 Å². The maximum Gasteiger partial charge on any atom is 0.171 e. The molecule has 5 nitrogen and oxygen atoms in total. The van der Waals surface area contributed by atoms with Gasteiger partial charge in [0.25, 0.3) is 0 Å². The topological polar surface area (TPSA) is 65.5 Å². The number of hydrogen-bond acceptors (Lipinski definition) is 5. The summed E-state index contributed by atoms with van der Waals surface area (Å²) in [6.45, 7) is 7.78. The number of ketones is 1. The summed E-state index contributed by atoms with van der Waals surface area (Å²) in [6, 6.07) is 12.8. The van der Waals surface area contributed by atoms with Gasteiger partial charge < -0.3 is 15.3 Å². The minimum atomic E-state index is -0.500. The number of aromatic hydroxyl groups is 1. The van der Waals surface area contributed by atoms with Crippen LogP contribution in [0.3, 0.4) is 0 Å². The number of nitrogens with zero attached hydrogens (tertiary/aromatic N) is 2. The van der Waals surface area contributed by atoms with Crippen molar-refractivity contribution in [2.75, 3.05) is 19.4 Å². The Hall–Kier alpha value is -2.92. The van der Waals surface area contributed by atoms with Gasteiger partial charge in [-0.25, -0.2) is 0 Å². The van der Waals surface area contributed by atoms with Crippen LogP contribution in [0.15, 0.2) is 42.6 Å². The van der Waals surface area contributed by atoms with Gasteiger partial charge in [-0.1, -0.05) is 32.9 Å². The molecule has 0 bridgehead atoms. The first-order valence-electron chi connectivity index (χ1n) is 12.2. The summed E-state index contributed by atoms with van der Waals surface area (Å²) in [5.41, 5.74) is 4.83. The lowest BCUT2D eigenvalue weighted by atomic mass is 9.85. The minimum Gasteiger partial charge on any atom is -0.508 e. The monoisotopic (exact) mass is 459 g/mol. The van der Waals surface area contributed by atoms with Crippen LogP contribution in [0.4, 0.5) is 5.69 Å². The summed E-state index contributed by atoms with van der Waals surface area (Å²) >= 11 is 0. The number of aromatic nitrogens is 1.